The van der Waals surface area contributed by atoms with Crippen molar-refractivity contribution in [1.29, 1.82) is 0 Å². The summed E-state index contributed by atoms with van der Waals surface area (Å²) in [7, 11) is 0. The molecule has 6 nitrogen and oxygen atoms in total. The van der Waals surface area contributed by atoms with Gasteiger partial charge in [-0.15, -0.1) is 11.3 Å². The summed E-state index contributed by atoms with van der Waals surface area (Å²) in [4.78, 5) is 33.4. The number of aromatic amines is 1. The molecule has 4 heterocycles. The monoisotopic (exact) mass is 414 g/mol. The quantitative estimate of drug-likeness (QED) is 0.692. The van der Waals surface area contributed by atoms with Gasteiger partial charge in [0.05, 0.1) is 17.3 Å². The number of hydrazone groups is 1. The van der Waals surface area contributed by atoms with Gasteiger partial charge in [0.15, 0.2) is 0 Å². The molecule has 3 aromatic heterocycles. The van der Waals surface area contributed by atoms with Gasteiger partial charge in [0.1, 0.15) is 4.83 Å². The molecule has 0 saturated heterocycles. The van der Waals surface area contributed by atoms with Gasteiger partial charge >= 0.3 is 0 Å². The Kier molecular flexibility index (Phi) is 4.81. The van der Waals surface area contributed by atoms with E-state index in [1.54, 1.807) is 19.2 Å². The lowest BCUT2D eigenvalue weighted by molar-refractivity contribution is -0.132. The first-order chi connectivity index (χ1) is 13.4. The summed E-state index contributed by atoms with van der Waals surface area (Å²) in [5, 5.41) is 9.49. The zero-order valence-electron chi connectivity index (χ0n) is 15.7. The second-order valence-electron chi connectivity index (χ2n) is 6.82. The molecule has 0 spiro atoms. The number of H-pyrrole nitrogens is 1. The molecule has 1 aliphatic rings. The standard InChI is InChI=1S/C20H19ClN4O2S/c1-4-17(26)25-16(13-9-22-10(2)7-14(13)21)8-15(24-25)18-11(3)12-5-6-28-20(12)23-19(18)27/h5-7,9,16H,4,8H2,1-3H3,(H,23,27). The molecule has 1 N–H and O–H groups in total. The molecule has 28 heavy (non-hydrogen) atoms. The molecule has 3 aromatic rings. The Morgan fingerprint density at radius 3 is 2.93 bits per heavy atom. The molecule has 0 fully saturated rings. The molecule has 144 valence electrons. The summed E-state index contributed by atoms with van der Waals surface area (Å²) >= 11 is 7.94. The highest BCUT2D eigenvalue weighted by atomic mass is 35.5. The van der Waals surface area contributed by atoms with E-state index >= 15 is 0 Å². The van der Waals surface area contributed by atoms with Crippen molar-refractivity contribution in [3.05, 3.63) is 61.5 Å². The van der Waals surface area contributed by atoms with Gasteiger partial charge in [0.2, 0.25) is 5.91 Å². The smallest absolute Gasteiger partial charge is 0.258 e. The van der Waals surface area contributed by atoms with Crippen LogP contribution in [0.1, 0.15) is 48.2 Å². The minimum absolute atomic E-state index is 0.123. The van der Waals surface area contributed by atoms with E-state index in [4.69, 9.17) is 11.6 Å². The SMILES string of the molecule is CCC(=O)N1N=C(c2c(C)c3ccsc3[nH]c2=O)CC1c1cnc(C)cc1Cl. The van der Waals surface area contributed by atoms with E-state index in [-0.39, 0.29) is 17.5 Å². The van der Waals surface area contributed by atoms with E-state index in [9.17, 15) is 9.59 Å². The summed E-state index contributed by atoms with van der Waals surface area (Å²) in [6.07, 6.45) is 2.41. The van der Waals surface area contributed by atoms with Gasteiger partial charge in [-0.3, -0.25) is 14.6 Å². The molecule has 0 saturated carbocycles. The highest BCUT2D eigenvalue weighted by Gasteiger charge is 2.35. The third kappa shape index (κ3) is 3.04. The zero-order valence-corrected chi connectivity index (χ0v) is 17.3. The number of thiophene rings is 1. The Bertz CT molecular complexity index is 1180. The molecule has 0 radical (unpaired) electrons. The maximum atomic E-state index is 12.8. The average Bonchev–Trinajstić information content (AvgIpc) is 3.28. The van der Waals surface area contributed by atoms with Crippen LogP contribution in [0.2, 0.25) is 5.02 Å². The van der Waals surface area contributed by atoms with Crippen LogP contribution in [0.15, 0.2) is 33.6 Å². The van der Waals surface area contributed by atoms with Crippen molar-refractivity contribution in [2.24, 2.45) is 5.10 Å². The first-order valence-corrected chi connectivity index (χ1v) is 10.3. The summed E-state index contributed by atoms with van der Waals surface area (Å²) in [6.45, 7) is 5.57. The zero-order chi connectivity index (χ0) is 20.0. The maximum Gasteiger partial charge on any atom is 0.258 e. The minimum atomic E-state index is -0.375. The lowest BCUT2D eigenvalue weighted by atomic mass is 9.96. The number of carbonyl (C=O) groups excluding carboxylic acids is 1. The number of aromatic nitrogens is 2. The van der Waals surface area contributed by atoms with E-state index in [0.717, 1.165) is 27.0 Å². The molecule has 4 rings (SSSR count). The Labute approximate surface area is 170 Å². The fourth-order valence-corrected chi connectivity index (χ4v) is 4.77. The summed E-state index contributed by atoms with van der Waals surface area (Å²) < 4.78 is 0. The number of nitrogens with zero attached hydrogens (tertiary/aromatic N) is 3. The van der Waals surface area contributed by atoms with Crippen LogP contribution in [-0.4, -0.2) is 26.6 Å². The number of nitrogens with one attached hydrogen (secondary N) is 1. The van der Waals surface area contributed by atoms with Crippen LogP contribution in [0.5, 0.6) is 0 Å². The first-order valence-electron chi connectivity index (χ1n) is 9.02. The first kappa shape index (κ1) is 18.8. The van der Waals surface area contributed by atoms with E-state index < -0.39 is 0 Å². The average molecular weight is 415 g/mol. The van der Waals surface area contributed by atoms with Crippen molar-refractivity contribution in [3.63, 3.8) is 0 Å². The molecule has 1 amide bonds. The van der Waals surface area contributed by atoms with Crippen molar-refractivity contribution in [1.82, 2.24) is 15.0 Å². The lowest BCUT2D eigenvalue weighted by Gasteiger charge is -2.22. The van der Waals surface area contributed by atoms with Gasteiger partial charge in [-0.25, -0.2) is 5.01 Å². The number of amides is 1. The highest BCUT2D eigenvalue weighted by molar-refractivity contribution is 7.16. The van der Waals surface area contributed by atoms with Gasteiger partial charge in [-0.1, -0.05) is 18.5 Å². The normalized spacial score (nSPS) is 16.6. The van der Waals surface area contributed by atoms with Crippen molar-refractivity contribution < 1.29 is 4.79 Å². The molecular formula is C20H19ClN4O2S. The molecule has 1 aliphatic heterocycles. The number of halogens is 1. The van der Waals surface area contributed by atoms with Crippen LogP contribution in [-0.2, 0) is 4.79 Å². The van der Waals surface area contributed by atoms with Gasteiger partial charge in [-0.2, -0.15) is 5.10 Å². The van der Waals surface area contributed by atoms with Crippen LogP contribution in [0.3, 0.4) is 0 Å². The van der Waals surface area contributed by atoms with E-state index in [2.05, 4.69) is 15.1 Å². The second-order valence-corrected chi connectivity index (χ2v) is 8.15. The Balaban J connectivity index is 1.83. The largest absolute Gasteiger partial charge is 0.313 e. The summed E-state index contributed by atoms with van der Waals surface area (Å²) in [5.74, 6) is -0.123. The number of hydrogen-bond acceptors (Lipinski definition) is 5. The molecular weight excluding hydrogens is 396 g/mol. The van der Waals surface area contributed by atoms with E-state index in [1.807, 2.05) is 25.3 Å². The third-order valence-corrected chi connectivity index (χ3v) is 6.19. The third-order valence-electron chi connectivity index (χ3n) is 5.03. The Morgan fingerprint density at radius 2 is 2.21 bits per heavy atom. The molecule has 0 bridgehead atoms. The minimum Gasteiger partial charge on any atom is -0.313 e. The fraction of sp³-hybridized carbons (Fsp3) is 0.300. The topological polar surface area (TPSA) is 78.4 Å². The van der Waals surface area contributed by atoms with Crippen molar-refractivity contribution in [2.75, 3.05) is 0 Å². The molecule has 8 heteroatoms. The van der Waals surface area contributed by atoms with Crippen molar-refractivity contribution >= 4 is 44.8 Å². The molecule has 1 atom stereocenters. The number of rotatable bonds is 3. The van der Waals surface area contributed by atoms with Gasteiger partial charge in [0.25, 0.3) is 5.56 Å². The fourth-order valence-electron chi connectivity index (χ4n) is 3.60. The number of fused-ring (bicyclic) bond motifs is 1. The summed E-state index contributed by atoms with van der Waals surface area (Å²) in [5.41, 5.74) is 3.34. The predicted octanol–water partition coefficient (Wildman–Crippen LogP) is 4.34. The van der Waals surface area contributed by atoms with Gasteiger partial charge < -0.3 is 4.98 Å². The highest BCUT2D eigenvalue weighted by Crippen LogP contribution is 2.37. The van der Waals surface area contributed by atoms with Crippen molar-refractivity contribution in [3.8, 4) is 0 Å². The number of pyridine rings is 2. The van der Waals surface area contributed by atoms with Gasteiger partial charge in [0, 0.05) is 40.7 Å². The van der Waals surface area contributed by atoms with Crippen molar-refractivity contribution in [2.45, 2.75) is 39.7 Å². The van der Waals surface area contributed by atoms with Crippen LogP contribution >= 0.6 is 22.9 Å². The molecule has 0 aromatic carbocycles. The summed E-state index contributed by atoms with van der Waals surface area (Å²) in [6, 6.07) is 3.39. The van der Waals surface area contributed by atoms with Gasteiger partial charge in [-0.05, 0) is 36.9 Å². The Hall–Kier alpha value is -2.51. The van der Waals surface area contributed by atoms with Crippen LogP contribution in [0.4, 0.5) is 0 Å². The number of carbonyl (C=O) groups is 1. The van der Waals surface area contributed by atoms with Crippen LogP contribution < -0.4 is 5.56 Å². The van der Waals surface area contributed by atoms with Crippen LogP contribution in [0.25, 0.3) is 10.2 Å². The number of hydrogen-bond donors (Lipinski definition) is 1. The number of aryl methyl sites for hydroxylation is 2. The molecule has 0 aliphatic carbocycles. The Morgan fingerprint density at radius 1 is 1.43 bits per heavy atom. The molecule has 1 unspecified atom stereocenters. The maximum absolute atomic E-state index is 12.8. The second kappa shape index (κ2) is 7.14. The lowest BCUT2D eigenvalue weighted by Crippen LogP contribution is -2.26. The van der Waals surface area contributed by atoms with E-state index in [0.29, 0.717) is 29.1 Å². The predicted molar refractivity (Wildman–Crippen MR) is 112 cm³/mol. The van der Waals surface area contributed by atoms with Crippen LogP contribution in [0, 0.1) is 13.8 Å². The van der Waals surface area contributed by atoms with E-state index in [1.165, 1.54) is 16.3 Å².